The van der Waals surface area contributed by atoms with E-state index in [0.29, 0.717) is 64.9 Å². The Hall–Kier alpha value is -10.9. The van der Waals surface area contributed by atoms with Crippen LogP contribution in [0.25, 0.3) is 34.2 Å². The number of hydrogen-bond donors (Lipinski definition) is 3. The van der Waals surface area contributed by atoms with Crippen molar-refractivity contribution in [2.24, 2.45) is 11.5 Å². The second-order valence-corrected chi connectivity index (χ2v) is 20.8. The van der Waals surface area contributed by atoms with Gasteiger partial charge in [-0.2, -0.15) is 0 Å². The average molecular weight is 1450 g/mol. The molecule has 97 heavy (non-hydrogen) atoms. The monoisotopic (exact) mass is 1450 g/mol. The number of hydrogen-bond acceptors (Lipinski definition) is 28. The van der Waals surface area contributed by atoms with Crippen LogP contribution in [0.5, 0.6) is 0 Å². The number of carboxylic acids is 1. The van der Waals surface area contributed by atoms with Crippen LogP contribution < -0.4 is 30.3 Å². The van der Waals surface area contributed by atoms with Crippen LogP contribution in [-0.4, -0.2) is 131 Å². The Morgan fingerprint density at radius 2 is 0.959 bits per heavy atom. The zero-order chi connectivity index (χ0) is 68.7. The summed E-state index contributed by atoms with van der Waals surface area (Å²) in [7, 11) is 0. The Bertz CT molecular complexity index is 3740. The number of benzene rings is 1. The molecule has 0 aliphatic carbocycles. The normalized spacial score (nSPS) is 10.1. The number of ketones is 1. The molecule has 7 heterocycles. The van der Waals surface area contributed by atoms with E-state index >= 15 is 0 Å². The van der Waals surface area contributed by atoms with Crippen LogP contribution in [0.1, 0.15) is 117 Å². The molecule has 8 aromatic rings. The van der Waals surface area contributed by atoms with Gasteiger partial charge in [0, 0.05) is 57.8 Å². The number of carboxylic acid groups (broad SMARTS) is 1. The number of nitrogens with two attached hydrogens (primary N) is 2. The van der Waals surface area contributed by atoms with Crippen LogP contribution in [0.4, 0.5) is 0 Å². The fourth-order valence-corrected chi connectivity index (χ4v) is 9.30. The van der Waals surface area contributed by atoms with Crippen molar-refractivity contribution < 1.29 is 117 Å². The molecule has 0 unspecified atom stereocenters. The third kappa shape index (κ3) is 33.2. The van der Waals surface area contributed by atoms with Gasteiger partial charge in [0.1, 0.15) is 29.2 Å². The topological polar surface area (TPSA) is 469 Å². The first kappa shape index (κ1) is 88.2. The Morgan fingerprint density at radius 3 is 1.37 bits per heavy atom. The molecule has 32 heteroatoms. The smallest absolute Gasteiger partial charge is 0.870 e. The number of pyridine rings is 5. The molecule has 514 valence electrons. The van der Waals surface area contributed by atoms with Crippen molar-refractivity contribution in [3.05, 3.63) is 208 Å². The Morgan fingerprint density at radius 1 is 0.536 bits per heavy atom. The molecule has 8 N–H and O–H groups in total. The number of aromatic nitrogens is 7. The third-order valence-electron chi connectivity index (χ3n) is 10.2. The summed E-state index contributed by atoms with van der Waals surface area (Å²) >= 11 is -2.59. The largest absolute Gasteiger partial charge is 1.00 e. The van der Waals surface area contributed by atoms with Crippen LogP contribution >= 0.6 is 20.6 Å². The van der Waals surface area contributed by atoms with Gasteiger partial charge in [-0.15, -0.1) is 0 Å². The minimum absolute atomic E-state index is 0. The van der Waals surface area contributed by atoms with Crippen LogP contribution in [-0.2, 0) is 58.6 Å². The summed E-state index contributed by atoms with van der Waals surface area (Å²) in [5.41, 5.74) is 14.6. The Labute approximate surface area is 578 Å². The van der Waals surface area contributed by atoms with Gasteiger partial charge in [0.15, 0.2) is 17.6 Å². The molecule has 0 atom stereocenters. The zero-order valence-electron chi connectivity index (χ0n) is 54.0. The van der Waals surface area contributed by atoms with Crippen molar-refractivity contribution in [1.29, 1.82) is 0 Å². The van der Waals surface area contributed by atoms with Gasteiger partial charge in [-0.05, 0) is 88.4 Å². The van der Waals surface area contributed by atoms with Crippen LogP contribution in [0.2, 0.25) is 0 Å². The number of esters is 5. The first-order valence-corrected chi connectivity index (χ1v) is 30.6. The van der Waals surface area contributed by atoms with E-state index in [1.165, 1.54) is 39.2 Å². The van der Waals surface area contributed by atoms with Gasteiger partial charge in [-0.3, -0.25) is 39.3 Å². The number of nitrogens with zero attached hydrogens (tertiary/aromatic N) is 7. The van der Waals surface area contributed by atoms with Gasteiger partial charge in [0.05, 0.1) is 54.9 Å². The molecular weight excluding hydrogens is 1380 g/mol. The summed E-state index contributed by atoms with van der Waals surface area (Å²) < 4.78 is 44.9. The molecule has 7 aromatic heterocycles. The predicted molar refractivity (Wildman–Crippen MR) is 353 cm³/mol. The van der Waals surface area contributed by atoms with Gasteiger partial charge in [0.25, 0.3) is 0 Å². The van der Waals surface area contributed by atoms with Crippen molar-refractivity contribution >= 4 is 85.6 Å². The number of ether oxygens (including phenoxy) is 5. The van der Waals surface area contributed by atoms with Gasteiger partial charge in [0.2, 0.25) is 17.3 Å². The van der Waals surface area contributed by atoms with Crippen LogP contribution in [0.15, 0.2) is 173 Å². The van der Waals surface area contributed by atoms with E-state index in [9.17, 15) is 43.2 Å². The first-order chi connectivity index (χ1) is 44.5. The minimum atomic E-state index is -2.59. The summed E-state index contributed by atoms with van der Waals surface area (Å²) in [6, 6.07) is 34.9. The van der Waals surface area contributed by atoms with E-state index < -0.39 is 68.4 Å². The minimum Gasteiger partial charge on any atom is -0.870 e. The molecule has 1 aromatic carbocycles. The number of aromatic carboxylic acids is 1. The summed E-state index contributed by atoms with van der Waals surface area (Å²) in [5.74, 6) is -4.93. The molecule has 0 radical (unpaired) electrons. The van der Waals surface area contributed by atoms with E-state index in [1.807, 2.05) is 24.3 Å². The molecule has 0 aliphatic heterocycles. The number of halogens is 1. The molecule has 30 nitrogen and oxygen atoms in total. The molecule has 0 fully saturated rings. The Balaban J connectivity index is 0. The maximum absolute atomic E-state index is 11.7. The second kappa shape index (κ2) is 48.8. The van der Waals surface area contributed by atoms with E-state index in [1.54, 1.807) is 157 Å². The fraction of sp³-hybridized carbons (Fsp3) is 0.231. The van der Waals surface area contributed by atoms with E-state index in [-0.39, 0.29) is 91.3 Å². The maximum atomic E-state index is 11.7. The molecule has 0 bridgehead atoms. The van der Waals surface area contributed by atoms with Crippen LogP contribution in [0.3, 0.4) is 0 Å². The zero-order valence-corrected chi connectivity index (χ0v) is 56.1. The molecule has 0 saturated carbocycles. The van der Waals surface area contributed by atoms with Crippen molar-refractivity contribution in [3.63, 3.8) is 0 Å². The van der Waals surface area contributed by atoms with Crippen molar-refractivity contribution in [2.75, 3.05) is 26.4 Å². The summed E-state index contributed by atoms with van der Waals surface area (Å²) in [6.45, 7) is 14.9. The van der Waals surface area contributed by atoms with Crippen molar-refractivity contribution in [3.8, 4) is 22.8 Å². The summed E-state index contributed by atoms with van der Waals surface area (Å²) in [6.07, 6.45) is 8.83. The third-order valence-corrected chi connectivity index (χ3v) is 14.0. The summed E-state index contributed by atoms with van der Waals surface area (Å²) in [5, 5.41) is 8.88. The maximum Gasteiger partial charge on any atom is 1.00 e. The fourth-order valence-electron chi connectivity index (χ4n) is 6.57. The van der Waals surface area contributed by atoms with E-state index in [2.05, 4.69) is 39.6 Å². The number of oxazole rings is 2. The van der Waals surface area contributed by atoms with Crippen molar-refractivity contribution in [1.82, 2.24) is 34.9 Å². The van der Waals surface area contributed by atoms with Gasteiger partial charge < -0.3 is 60.0 Å². The standard InChI is InChI=1S/C12H14N2O4.C12H12N2O3.C10H11IO4.C10H8N2O3.C10H12N2O2.C10H11NO3.CH4.Li.2H2O/c1-3-17-12(16)11(18-8(2)15)10(13)9-6-4-5-7-14-9;1-3-16-12(15)11-10(14-8(2)17-11)9-6-4-5-7-13-9;1-8(12)14-11(15-9(2)13)10-6-4-3-5-7-10;1-6-12-8(9(15-6)10(13)14)7-4-2-3-5-11-7;1-2-14-10(13)7-8(11)9-5-3-4-6-12-9;1-2-14-10(13)7-9(12)8-5-3-4-6-11-8;;;;/h4-7H,3,13H2,1-2H3;4-7H,3H2,1-2H3;3-7H,1-2H3;2-5H,1H3,(H,13,14);3-7H,2,11H2,1H3;3-6H,2,7H2,1H3;1H4;;2*1H2/q;;;;;;;+1;;/p-1/b11-10-;;;;8-7+;;;;;. The predicted octanol–water partition coefficient (Wildman–Crippen LogP) is 5.92. The molecule has 8 rings (SSSR count). The Kier molecular flexibility index (Phi) is 44.4. The number of carbonyl (C=O) groups is 9. The van der Waals surface area contributed by atoms with Gasteiger partial charge in [-0.25, -0.2) is 29.1 Å². The second-order valence-electron chi connectivity index (χ2n) is 17.4. The summed E-state index contributed by atoms with van der Waals surface area (Å²) in [4.78, 5) is 128. The molecule has 0 spiro atoms. The first-order valence-electron chi connectivity index (χ1n) is 27.8. The number of carbonyl (C=O) groups excluding carboxylic acids is 8. The number of Topliss-reactive ketones (excluding diaryl/α,β-unsaturated/α-hetero) is 1. The number of rotatable bonds is 19. The van der Waals surface area contributed by atoms with Gasteiger partial charge in [-0.1, -0.05) is 37.8 Å². The molecule has 0 amide bonds. The van der Waals surface area contributed by atoms with E-state index in [4.69, 9.17) is 50.5 Å². The molecule has 0 saturated heterocycles. The average Bonchev–Trinajstić information content (AvgIpc) is 1.73. The van der Waals surface area contributed by atoms with E-state index in [0.717, 1.165) is 3.57 Å². The SMILES string of the molecule is C.CC(=O)OI(OC(C)=O)c1ccccc1.CCOC(=O)/C(OC(C)=O)=C(/N)c1ccccn1.CCOC(=O)/C=C(/N)c1ccccn1.CCOC(=O)CC(=O)c1ccccn1.CCOC(=O)c1oc(C)nc1-c1ccccn1.Cc1nc(-c2ccccn2)c(C(=O)O)o1.O.[Li+].[OH-]. The van der Waals surface area contributed by atoms with Crippen LogP contribution in [0, 0.1) is 17.4 Å². The quantitative estimate of drug-likeness (QED) is 0.0124. The van der Waals surface area contributed by atoms with Gasteiger partial charge >= 0.3 is 151 Å². The van der Waals surface area contributed by atoms with Crippen molar-refractivity contribution in [2.45, 2.75) is 76.2 Å². The molecular formula is C65H75ILiN9O21. The number of aryl methyl sites for hydroxylation is 2. The molecule has 0 aliphatic rings.